The Hall–Kier alpha value is -2.04. The van der Waals surface area contributed by atoms with Gasteiger partial charge in [0.2, 0.25) is 5.78 Å². The second kappa shape index (κ2) is 4.45. The van der Waals surface area contributed by atoms with Gasteiger partial charge in [0, 0.05) is 6.04 Å². The Labute approximate surface area is 99.0 Å². The first-order valence-electron chi connectivity index (χ1n) is 5.33. The SMILES string of the molecule is COc1cnn(C(C)C)c1C(=O)c1ccoc1. The quantitative estimate of drug-likeness (QED) is 0.761. The number of hydrogen-bond acceptors (Lipinski definition) is 4. The first-order valence-corrected chi connectivity index (χ1v) is 5.33. The van der Waals surface area contributed by atoms with E-state index in [0.717, 1.165) is 0 Å². The molecule has 2 aromatic rings. The molecule has 90 valence electrons. The lowest BCUT2D eigenvalue weighted by Crippen LogP contribution is -2.13. The van der Waals surface area contributed by atoms with Gasteiger partial charge in [-0.15, -0.1) is 0 Å². The molecule has 0 N–H and O–H groups in total. The Morgan fingerprint density at radius 3 is 2.82 bits per heavy atom. The minimum absolute atomic E-state index is 0.0877. The molecular formula is C12H14N2O3. The molecule has 5 nitrogen and oxygen atoms in total. The number of furan rings is 1. The molecular weight excluding hydrogens is 220 g/mol. The number of ketones is 1. The van der Waals surface area contributed by atoms with Gasteiger partial charge in [0.25, 0.3) is 0 Å². The molecule has 0 aliphatic heterocycles. The summed E-state index contributed by atoms with van der Waals surface area (Å²) in [6, 6.07) is 1.71. The first-order chi connectivity index (χ1) is 8.15. The highest BCUT2D eigenvalue weighted by molar-refractivity contribution is 6.09. The van der Waals surface area contributed by atoms with E-state index in [1.807, 2.05) is 13.8 Å². The zero-order valence-corrected chi connectivity index (χ0v) is 10.0. The average Bonchev–Trinajstić information content (AvgIpc) is 2.96. The third-order valence-electron chi connectivity index (χ3n) is 2.47. The fraction of sp³-hybridized carbons (Fsp3) is 0.333. The topological polar surface area (TPSA) is 57.3 Å². The molecule has 17 heavy (non-hydrogen) atoms. The lowest BCUT2D eigenvalue weighted by molar-refractivity contribution is 0.102. The van der Waals surface area contributed by atoms with E-state index in [-0.39, 0.29) is 11.8 Å². The number of rotatable bonds is 4. The summed E-state index contributed by atoms with van der Waals surface area (Å²) in [5.41, 5.74) is 0.939. The molecule has 0 aliphatic carbocycles. The summed E-state index contributed by atoms with van der Waals surface area (Å²) in [6.45, 7) is 3.91. The van der Waals surface area contributed by atoms with E-state index in [1.165, 1.54) is 19.6 Å². The molecule has 0 bridgehead atoms. The number of aromatic nitrogens is 2. The van der Waals surface area contributed by atoms with Crippen molar-refractivity contribution in [3.8, 4) is 5.75 Å². The maximum absolute atomic E-state index is 12.3. The number of hydrogen-bond donors (Lipinski definition) is 0. The molecule has 0 aromatic carbocycles. The van der Waals surface area contributed by atoms with Crippen molar-refractivity contribution in [1.82, 2.24) is 9.78 Å². The van der Waals surface area contributed by atoms with Crippen molar-refractivity contribution >= 4 is 5.78 Å². The predicted molar refractivity (Wildman–Crippen MR) is 61.3 cm³/mol. The van der Waals surface area contributed by atoms with Gasteiger partial charge in [-0.2, -0.15) is 5.10 Å². The molecule has 0 aliphatic rings. The molecule has 0 amide bonds. The summed E-state index contributed by atoms with van der Waals surface area (Å²) >= 11 is 0. The van der Waals surface area contributed by atoms with Gasteiger partial charge in [-0.05, 0) is 19.9 Å². The number of methoxy groups -OCH3 is 1. The van der Waals surface area contributed by atoms with Gasteiger partial charge in [0.15, 0.2) is 11.4 Å². The molecule has 0 spiro atoms. The Balaban J connectivity index is 2.49. The van der Waals surface area contributed by atoms with E-state index < -0.39 is 0 Å². The normalized spacial score (nSPS) is 10.8. The summed E-state index contributed by atoms with van der Waals surface area (Å²) in [4.78, 5) is 12.3. The van der Waals surface area contributed by atoms with Crippen molar-refractivity contribution in [2.45, 2.75) is 19.9 Å². The highest BCUT2D eigenvalue weighted by Crippen LogP contribution is 2.24. The van der Waals surface area contributed by atoms with E-state index in [0.29, 0.717) is 17.0 Å². The zero-order chi connectivity index (χ0) is 12.4. The Morgan fingerprint density at radius 2 is 2.29 bits per heavy atom. The summed E-state index contributed by atoms with van der Waals surface area (Å²) in [5.74, 6) is 0.326. The van der Waals surface area contributed by atoms with E-state index in [2.05, 4.69) is 5.10 Å². The number of carbonyl (C=O) groups is 1. The zero-order valence-electron chi connectivity index (χ0n) is 10.0. The van der Waals surface area contributed by atoms with Crippen LogP contribution in [-0.2, 0) is 0 Å². The minimum Gasteiger partial charge on any atom is -0.493 e. The van der Waals surface area contributed by atoms with Crippen LogP contribution in [0.3, 0.4) is 0 Å². The highest BCUT2D eigenvalue weighted by Gasteiger charge is 2.22. The van der Waals surface area contributed by atoms with Crippen LogP contribution in [0.25, 0.3) is 0 Å². The molecule has 0 unspecified atom stereocenters. The smallest absolute Gasteiger partial charge is 0.218 e. The van der Waals surface area contributed by atoms with Crippen LogP contribution in [0.2, 0.25) is 0 Å². The van der Waals surface area contributed by atoms with Gasteiger partial charge in [0.05, 0.1) is 25.1 Å². The molecule has 0 atom stereocenters. The van der Waals surface area contributed by atoms with E-state index >= 15 is 0 Å². The Morgan fingerprint density at radius 1 is 1.53 bits per heavy atom. The number of carbonyl (C=O) groups excluding carboxylic acids is 1. The standard InChI is InChI=1S/C12H14N2O3/c1-8(2)14-11(10(16-3)6-13-14)12(15)9-4-5-17-7-9/h4-8H,1-3H3. The molecule has 0 fully saturated rings. The van der Waals surface area contributed by atoms with Crippen LogP contribution in [-0.4, -0.2) is 22.7 Å². The van der Waals surface area contributed by atoms with Gasteiger partial charge in [0.1, 0.15) is 6.26 Å². The molecule has 2 rings (SSSR count). The van der Waals surface area contributed by atoms with Crippen LogP contribution in [0.15, 0.2) is 29.2 Å². The van der Waals surface area contributed by atoms with Crippen LogP contribution in [0, 0.1) is 0 Å². The van der Waals surface area contributed by atoms with Crippen LogP contribution in [0.4, 0.5) is 0 Å². The summed E-state index contributed by atoms with van der Waals surface area (Å²) in [5, 5.41) is 4.16. The van der Waals surface area contributed by atoms with E-state index in [1.54, 1.807) is 16.9 Å². The van der Waals surface area contributed by atoms with Crippen LogP contribution >= 0.6 is 0 Å². The fourth-order valence-electron chi connectivity index (χ4n) is 1.63. The fourth-order valence-corrected chi connectivity index (χ4v) is 1.63. The second-order valence-electron chi connectivity index (χ2n) is 3.94. The Kier molecular flexibility index (Phi) is 2.99. The summed E-state index contributed by atoms with van der Waals surface area (Å²) in [7, 11) is 1.52. The van der Waals surface area contributed by atoms with Crippen molar-refractivity contribution in [1.29, 1.82) is 0 Å². The van der Waals surface area contributed by atoms with Crippen LogP contribution in [0.5, 0.6) is 5.75 Å². The van der Waals surface area contributed by atoms with Crippen molar-refractivity contribution in [3.05, 3.63) is 36.0 Å². The van der Waals surface area contributed by atoms with Crippen LogP contribution in [0.1, 0.15) is 35.9 Å². The van der Waals surface area contributed by atoms with Crippen molar-refractivity contribution < 1.29 is 13.9 Å². The van der Waals surface area contributed by atoms with E-state index in [4.69, 9.17) is 9.15 Å². The lowest BCUT2D eigenvalue weighted by atomic mass is 10.1. The predicted octanol–water partition coefficient (Wildman–Crippen LogP) is 2.30. The summed E-state index contributed by atoms with van der Waals surface area (Å²) in [6.07, 6.45) is 4.43. The molecule has 0 saturated carbocycles. The molecule has 0 radical (unpaired) electrons. The van der Waals surface area contributed by atoms with Gasteiger partial charge < -0.3 is 9.15 Å². The maximum Gasteiger partial charge on any atom is 0.218 e. The van der Waals surface area contributed by atoms with Crippen molar-refractivity contribution in [2.24, 2.45) is 0 Å². The maximum atomic E-state index is 12.3. The largest absolute Gasteiger partial charge is 0.493 e. The Bertz CT molecular complexity index is 512. The van der Waals surface area contributed by atoms with Crippen molar-refractivity contribution in [3.63, 3.8) is 0 Å². The average molecular weight is 234 g/mol. The van der Waals surface area contributed by atoms with Crippen LogP contribution < -0.4 is 4.74 Å². The third-order valence-corrected chi connectivity index (χ3v) is 2.47. The first kappa shape index (κ1) is 11.4. The molecule has 5 heteroatoms. The number of nitrogens with zero attached hydrogens (tertiary/aromatic N) is 2. The van der Waals surface area contributed by atoms with E-state index in [9.17, 15) is 4.79 Å². The monoisotopic (exact) mass is 234 g/mol. The van der Waals surface area contributed by atoms with Gasteiger partial charge >= 0.3 is 0 Å². The highest BCUT2D eigenvalue weighted by atomic mass is 16.5. The minimum atomic E-state index is -0.151. The lowest BCUT2D eigenvalue weighted by Gasteiger charge is -2.10. The summed E-state index contributed by atoms with van der Waals surface area (Å²) < 4.78 is 11.7. The number of ether oxygens (including phenoxy) is 1. The second-order valence-corrected chi connectivity index (χ2v) is 3.94. The molecule has 0 saturated heterocycles. The van der Waals surface area contributed by atoms with Gasteiger partial charge in [-0.1, -0.05) is 0 Å². The van der Waals surface area contributed by atoms with Gasteiger partial charge in [-0.25, -0.2) is 0 Å². The third kappa shape index (κ3) is 1.95. The van der Waals surface area contributed by atoms with Gasteiger partial charge in [-0.3, -0.25) is 9.48 Å². The molecule has 2 aromatic heterocycles. The van der Waals surface area contributed by atoms with Crippen molar-refractivity contribution in [2.75, 3.05) is 7.11 Å². The molecule has 2 heterocycles.